The van der Waals surface area contributed by atoms with Crippen LogP contribution >= 0.6 is 11.8 Å². The Kier molecular flexibility index (Phi) is 4.40. The van der Waals surface area contributed by atoms with Gasteiger partial charge in [-0.3, -0.25) is 14.5 Å². The standard InChI is InChI=1S/C16H25N5OS/c1-12-9-17-15(23-12)20-7-5-19(6-8-20)14(22)13-10-18-21(11-13)16(2,3)4/h10-12H,5-9H2,1-4H3/t12-/m1/s1. The molecule has 3 rings (SSSR count). The third-order valence-electron chi connectivity index (χ3n) is 4.14. The molecule has 2 aliphatic rings. The maximum absolute atomic E-state index is 12.6. The summed E-state index contributed by atoms with van der Waals surface area (Å²) in [5, 5.41) is 6.05. The van der Waals surface area contributed by atoms with E-state index in [1.54, 1.807) is 6.20 Å². The van der Waals surface area contributed by atoms with Gasteiger partial charge in [0, 0.05) is 37.6 Å². The van der Waals surface area contributed by atoms with Gasteiger partial charge in [0.25, 0.3) is 5.91 Å². The number of amidine groups is 1. The number of carbonyl (C=O) groups excluding carboxylic acids is 1. The number of aromatic nitrogens is 2. The molecule has 1 fully saturated rings. The smallest absolute Gasteiger partial charge is 0.257 e. The first-order valence-electron chi connectivity index (χ1n) is 8.15. The van der Waals surface area contributed by atoms with Crippen molar-refractivity contribution in [2.75, 3.05) is 32.7 Å². The Bertz CT molecular complexity index is 610. The minimum absolute atomic E-state index is 0.0783. The van der Waals surface area contributed by atoms with Crippen LogP contribution in [0.25, 0.3) is 0 Å². The van der Waals surface area contributed by atoms with Crippen LogP contribution in [-0.4, -0.2) is 68.6 Å². The van der Waals surface area contributed by atoms with E-state index >= 15 is 0 Å². The van der Waals surface area contributed by atoms with Gasteiger partial charge in [-0.2, -0.15) is 5.10 Å². The summed E-state index contributed by atoms with van der Waals surface area (Å²) in [6.45, 7) is 12.5. The van der Waals surface area contributed by atoms with Crippen molar-refractivity contribution in [1.82, 2.24) is 19.6 Å². The first-order valence-corrected chi connectivity index (χ1v) is 9.03. The van der Waals surface area contributed by atoms with Crippen LogP contribution in [0.2, 0.25) is 0 Å². The molecule has 23 heavy (non-hydrogen) atoms. The van der Waals surface area contributed by atoms with Crippen LogP contribution in [-0.2, 0) is 5.54 Å². The molecule has 0 aromatic carbocycles. The SMILES string of the molecule is C[C@@H]1CN=C(N2CCN(C(=O)c3cnn(C(C)(C)C)c3)CC2)S1. The highest BCUT2D eigenvalue weighted by Gasteiger charge is 2.28. The van der Waals surface area contributed by atoms with E-state index in [1.165, 1.54) is 0 Å². The molecule has 126 valence electrons. The Hall–Kier alpha value is -1.50. The van der Waals surface area contributed by atoms with Crippen LogP contribution in [0, 0.1) is 0 Å². The number of hydrogen-bond acceptors (Lipinski definition) is 5. The predicted molar refractivity (Wildman–Crippen MR) is 94.1 cm³/mol. The van der Waals surface area contributed by atoms with E-state index in [4.69, 9.17) is 0 Å². The summed E-state index contributed by atoms with van der Waals surface area (Å²) in [4.78, 5) is 21.4. The summed E-state index contributed by atoms with van der Waals surface area (Å²) in [6.07, 6.45) is 3.53. The zero-order chi connectivity index (χ0) is 16.6. The second-order valence-electron chi connectivity index (χ2n) is 7.18. The van der Waals surface area contributed by atoms with E-state index in [-0.39, 0.29) is 11.4 Å². The van der Waals surface area contributed by atoms with Crippen molar-refractivity contribution < 1.29 is 4.79 Å². The number of carbonyl (C=O) groups is 1. The minimum atomic E-state index is -0.105. The average Bonchev–Trinajstić information content (AvgIpc) is 3.15. The lowest BCUT2D eigenvalue weighted by Gasteiger charge is -2.35. The van der Waals surface area contributed by atoms with Gasteiger partial charge in [0.05, 0.1) is 23.8 Å². The molecule has 1 amide bonds. The van der Waals surface area contributed by atoms with Gasteiger partial charge in [-0.15, -0.1) is 0 Å². The number of amides is 1. The molecular weight excluding hydrogens is 310 g/mol. The van der Waals surface area contributed by atoms with E-state index in [1.807, 2.05) is 27.5 Å². The van der Waals surface area contributed by atoms with Gasteiger partial charge in [0.2, 0.25) is 0 Å². The summed E-state index contributed by atoms with van der Waals surface area (Å²) in [5.41, 5.74) is 0.570. The van der Waals surface area contributed by atoms with Crippen LogP contribution in [0.5, 0.6) is 0 Å². The van der Waals surface area contributed by atoms with E-state index in [9.17, 15) is 4.79 Å². The number of nitrogens with zero attached hydrogens (tertiary/aromatic N) is 5. The quantitative estimate of drug-likeness (QED) is 0.786. The van der Waals surface area contributed by atoms with Gasteiger partial charge in [0.15, 0.2) is 5.17 Å². The van der Waals surface area contributed by atoms with Crippen LogP contribution < -0.4 is 0 Å². The Morgan fingerprint density at radius 3 is 2.48 bits per heavy atom. The largest absolute Gasteiger partial charge is 0.348 e. The van der Waals surface area contributed by atoms with E-state index < -0.39 is 0 Å². The van der Waals surface area contributed by atoms with Gasteiger partial charge in [-0.05, 0) is 20.8 Å². The van der Waals surface area contributed by atoms with Crippen molar-refractivity contribution in [2.45, 2.75) is 38.5 Å². The molecule has 1 atom stereocenters. The molecule has 0 N–H and O–H groups in total. The molecule has 0 spiro atoms. The fraction of sp³-hybridized carbons (Fsp3) is 0.688. The lowest BCUT2D eigenvalue weighted by atomic mass is 10.1. The van der Waals surface area contributed by atoms with Crippen LogP contribution in [0.15, 0.2) is 17.4 Å². The predicted octanol–water partition coefficient (Wildman–Crippen LogP) is 1.89. The highest BCUT2D eigenvalue weighted by atomic mass is 32.2. The third kappa shape index (κ3) is 3.54. The molecule has 1 aromatic rings. The number of hydrogen-bond donors (Lipinski definition) is 0. The van der Waals surface area contributed by atoms with Crippen LogP contribution in [0.3, 0.4) is 0 Å². The minimum Gasteiger partial charge on any atom is -0.348 e. The van der Waals surface area contributed by atoms with Gasteiger partial charge in [0.1, 0.15) is 0 Å². The molecule has 0 aliphatic carbocycles. The fourth-order valence-corrected chi connectivity index (χ4v) is 3.71. The maximum atomic E-state index is 12.6. The number of aliphatic imine (C=N–C) groups is 1. The van der Waals surface area contributed by atoms with Crippen molar-refractivity contribution in [1.29, 1.82) is 0 Å². The lowest BCUT2D eigenvalue weighted by molar-refractivity contribution is 0.0693. The summed E-state index contributed by atoms with van der Waals surface area (Å²) in [6, 6.07) is 0. The Morgan fingerprint density at radius 2 is 1.96 bits per heavy atom. The third-order valence-corrected chi connectivity index (χ3v) is 5.29. The summed E-state index contributed by atoms with van der Waals surface area (Å²) in [5.74, 6) is 0.0783. The van der Waals surface area contributed by atoms with Gasteiger partial charge >= 0.3 is 0 Å². The second-order valence-corrected chi connectivity index (χ2v) is 8.58. The molecular formula is C16H25N5OS. The average molecular weight is 335 g/mol. The van der Waals surface area contributed by atoms with Crippen molar-refractivity contribution in [3.63, 3.8) is 0 Å². The molecule has 0 radical (unpaired) electrons. The molecule has 3 heterocycles. The lowest BCUT2D eigenvalue weighted by Crippen LogP contribution is -2.49. The monoisotopic (exact) mass is 335 g/mol. The van der Waals surface area contributed by atoms with Crippen molar-refractivity contribution in [3.8, 4) is 0 Å². The number of rotatable bonds is 1. The van der Waals surface area contributed by atoms with Crippen molar-refractivity contribution in [2.24, 2.45) is 4.99 Å². The van der Waals surface area contributed by atoms with Gasteiger partial charge in [-0.25, -0.2) is 0 Å². The first kappa shape index (κ1) is 16.4. The van der Waals surface area contributed by atoms with Crippen LogP contribution in [0.1, 0.15) is 38.1 Å². The molecule has 6 nitrogen and oxygen atoms in total. The van der Waals surface area contributed by atoms with Crippen LogP contribution in [0.4, 0.5) is 0 Å². The maximum Gasteiger partial charge on any atom is 0.257 e. The van der Waals surface area contributed by atoms with Gasteiger partial charge < -0.3 is 9.80 Å². The Balaban J connectivity index is 1.59. The van der Waals surface area contributed by atoms with Gasteiger partial charge in [-0.1, -0.05) is 18.7 Å². The zero-order valence-electron chi connectivity index (χ0n) is 14.3. The van der Waals surface area contributed by atoms with Crippen molar-refractivity contribution in [3.05, 3.63) is 18.0 Å². The van der Waals surface area contributed by atoms with Crippen molar-refractivity contribution >= 4 is 22.8 Å². The van der Waals surface area contributed by atoms with E-state index in [2.05, 4.69) is 42.7 Å². The number of thioether (sulfide) groups is 1. The molecule has 1 saturated heterocycles. The van der Waals surface area contributed by atoms with E-state index in [0.717, 1.165) is 37.9 Å². The molecule has 0 unspecified atom stereocenters. The molecule has 7 heteroatoms. The highest BCUT2D eigenvalue weighted by Crippen LogP contribution is 2.24. The molecule has 0 bridgehead atoms. The second kappa shape index (κ2) is 6.19. The molecule has 1 aromatic heterocycles. The molecule has 2 aliphatic heterocycles. The normalized spacial score (nSPS) is 22.4. The first-order chi connectivity index (χ1) is 10.8. The summed E-state index contributed by atoms with van der Waals surface area (Å²) in [7, 11) is 0. The summed E-state index contributed by atoms with van der Waals surface area (Å²) >= 11 is 1.84. The van der Waals surface area contributed by atoms with E-state index in [0.29, 0.717) is 10.8 Å². The topological polar surface area (TPSA) is 53.7 Å². The molecule has 0 saturated carbocycles. The number of piperazine rings is 1. The Labute approximate surface area is 141 Å². The zero-order valence-corrected chi connectivity index (χ0v) is 15.1. The Morgan fingerprint density at radius 1 is 1.26 bits per heavy atom. The highest BCUT2D eigenvalue weighted by molar-refractivity contribution is 8.14. The summed E-state index contributed by atoms with van der Waals surface area (Å²) < 4.78 is 1.85. The fourth-order valence-electron chi connectivity index (χ4n) is 2.72.